The number of halogens is 2. The summed E-state index contributed by atoms with van der Waals surface area (Å²) in [6.07, 6.45) is -0.0953. The smallest absolute Gasteiger partial charge is 0.278 e. The lowest BCUT2D eigenvalue weighted by Crippen LogP contribution is -2.27. The van der Waals surface area contributed by atoms with Crippen LogP contribution in [0, 0.1) is 5.92 Å². The van der Waals surface area contributed by atoms with Gasteiger partial charge in [0.2, 0.25) is 5.91 Å². The van der Waals surface area contributed by atoms with Crippen LogP contribution in [-0.2, 0) is 10.7 Å². The van der Waals surface area contributed by atoms with Crippen molar-refractivity contribution >= 4 is 5.91 Å². The van der Waals surface area contributed by atoms with Crippen LogP contribution in [0.4, 0.5) is 8.78 Å². The monoisotopic (exact) mass is 211 g/mol. The molecular weight excluding hydrogens is 200 g/mol. The summed E-state index contributed by atoms with van der Waals surface area (Å²) in [5.74, 6) is -4.15. The number of rotatable bonds is 2. The van der Waals surface area contributed by atoms with E-state index in [4.69, 9.17) is 0 Å². The topological polar surface area (TPSA) is 29.1 Å². The molecule has 0 radical (unpaired) electrons. The summed E-state index contributed by atoms with van der Waals surface area (Å²) in [5.41, 5.74) is -0.0218. The van der Waals surface area contributed by atoms with Gasteiger partial charge in [-0.05, 0) is 0 Å². The van der Waals surface area contributed by atoms with E-state index in [0.717, 1.165) is 0 Å². The van der Waals surface area contributed by atoms with E-state index >= 15 is 0 Å². The zero-order valence-corrected chi connectivity index (χ0v) is 8.04. The van der Waals surface area contributed by atoms with Crippen LogP contribution in [-0.4, -0.2) is 12.5 Å². The summed E-state index contributed by atoms with van der Waals surface area (Å²) >= 11 is 0. The number of amides is 1. The number of alkyl halides is 2. The molecule has 2 rings (SSSR count). The number of hydrogen-bond donors (Lipinski definition) is 1. The average Bonchev–Trinajstić information content (AvgIpc) is 2.67. The van der Waals surface area contributed by atoms with Gasteiger partial charge < -0.3 is 5.32 Å². The predicted molar refractivity (Wildman–Crippen MR) is 51.5 cm³/mol. The Bertz CT molecular complexity index is 364. The van der Waals surface area contributed by atoms with E-state index in [9.17, 15) is 13.6 Å². The Kier molecular flexibility index (Phi) is 2.42. The highest BCUT2D eigenvalue weighted by atomic mass is 19.3. The van der Waals surface area contributed by atoms with Crippen LogP contribution in [0.25, 0.3) is 0 Å². The third-order valence-electron chi connectivity index (χ3n) is 2.65. The third-order valence-corrected chi connectivity index (χ3v) is 2.65. The van der Waals surface area contributed by atoms with Crippen LogP contribution in [0.5, 0.6) is 0 Å². The van der Waals surface area contributed by atoms with Gasteiger partial charge in [0.15, 0.2) is 0 Å². The molecule has 1 atom stereocenters. The second-order valence-corrected chi connectivity index (χ2v) is 3.69. The van der Waals surface area contributed by atoms with Gasteiger partial charge in [0.05, 0.1) is 5.92 Å². The van der Waals surface area contributed by atoms with E-state index in [1.807, 2.05) is 0 Å². The van der Waals surface area contributed by atoms with E-state index in [-0.39, 0.29) is 24.4 Å². The first-order chi connectivity index (χ1) is 7.10. The van der Waals surface area contributed by atoms with Gasteiger partial charge in [-0.2, -0.15) is 0 Å². The maximum Gasteiger partial charge on any atom is 0.278 e. The molecule has 1 saturated heterocycles. The molecule has 1 unspecified atom stereocenters. The third kappa shape index (κ3) is 1.84. The molecule has 1 aliphatic heterocycles. The molecule has 0 aromatic heterocycles. The Morgan fingerprint density at radius 1 is 1.27 bits per heavy atom. The van der Waals surface area contributed by atoms with Crippen LogP contribution in [0.3, 0.4) is 0 Å². The largest absolute Gasteiger partial charge is 0.356 e. The van der Waals surface area contributed by atoms with Crippen LogP contribution in [0.1, 0.15) is 12.0 Å². The Morgan fingerprint density at radius 2 is 1.93 bits per heavy atom. The van der Waals surface area contributed by atoms with E-state index in [1.54, 1.807) is 18.2 Å². The van der Waals surface area contributed by atoms with Crippen molar-refractivity contribution in [1.82, 2.24) is 5.32 Å². The summed E-state index contributed by atoms with van der Waals surface area (Å²) in [7, 11) is 0. The summed E-state index contributed by atoms with van der Waals surface area (Å²) in [5, 5.41) is 2.43. The Balaban J connectivity index is 2.23. The molecule has 1 amide bonds. The molecule has 15 heavy (non-hydrogen) atoms. The number of nitrogens with one attached hydrogen (secondary N) is 1. The number of hydrogen-bond acceptors (Lipinski definition) is 1. The lowest BCUT2D eigenvalue weighted by Gasteiger charge is -2.21. The highest BCUT2D eigenvalue weighted by Gasteiger charge is 2.44. The number of benzene rings is 1. The fraction of sp³-hybridized carbons (Fsp3) is 0.364. The highest BCUT2D eigenvalue weighted by molar-refractivity contribution is 5.78. The van der Waals surface area contributed by atoms with Crippen molar-refractivity contribution in [3.63, 3.8) is 0 Å². The van der Waals surface area contributed by atoms with Gasteiger partial charge in [-0.3, -0.25) is 4.79 Å². The molecule has 0 aliphatic carbocycles. The fourth-order valence-electron chi connectivity index (χ4n) is 1.76. The molecule has 0 bridgehead atoms. The van der Waals surface area contributed by atoms with Crippen molar-refractivity contribution in [2.45, 2.75) is 12.3 Å². The first-order valence-electron chi connectivity index (χ1n) is 4.81. The Morgan fingerprint density at radius 3 is 2.47 bits per heavy atom. The van der Waals surface area contributed by atoms with Gasteiger partial charge in [-0.25, -0.2) is 8.78 Å². The second-order valence-electron chi connectivity index (χ2n) is 3.69. The molecule has 80 valence electrons. The standard InChI is InChI=1S/C11H11F2NO/c12-11(13,8-4-2-1-3-5-8)9-6-10(15)14-7-9/h1-5,9H,6-7H2,(H,14,15). The van der Waals surface area contributed by atoms with Crippen molar-refractivity contribution in [3.05, 3.63) is 35.9 Å². The van der Waals surface area contributed by atoms with Crippen LogP contribution >= 0.6 is 0 Å². The second kappa shape index (κ2) is 3.61. The quantitative estimate of drug-likeness (QED) is 0.795. The first kappa shape index (κ1) is 10.1. The summed E-state index contributed by atoms with van der Waals surface area (Å²) in [6.45, 7) is 0.0563. The maximum atomic E-state index is 13.8. The highest BCUT2D eigenvalue weighted by Crippen LogP contribution is 2.38. The predicted octanol–water partition coefficient (Wildman–Crippen LogP) is 1.91. The fourth-order valence-corrected chi connectivity index (χ4v) is 1.76. The first-order valence-corrected chi connectivity index (χ1v) is 4.81. The Hall–Kier alpha value is -1.45. The molecule has 2 nitrogen and oxygen atoms in total. The van der Waals surface area contributed by atoms with Crippen molar-refractivity contribution in [1.29, 1.82) is 0 Å². The normalized spacial score (nSPS) is 21.5. The molecule has 1 aromatic rings. The zero-order valence-electron chi connectivity index (χ0n) is 8.04. The molecule has 4 heteroatoms. The maximum absolute atomic E-state index is 13.8. The van der Waals surface area contributed by atoms with Gasteiger partial charge in [0.1, 0.15) is 0 Å². The SMILES string of the molecule is O=C1CC(C(F)(F)c2ccccc2)CN1. The van der Waals surface area contributed by atoms with Crippen molar-refractivity contribution in [3.8, 4) is 0 Å². The molecule has 1 N–H and O–H groups in total. The van der Waals surface area contributed by atoms with Crippen molar-refractivity contribution in [2.75, 3.05) is 6.54 Å². The Labute approximate surface area is 86.3 Å². The van der Waals surface area contributed by atoms with Crippen molar-refractivity contribution < 1.29 is 13.6 Å². The molecule has 1 aliphatic rings. The summed E-state index contributed by atoms with van der Waals surface area (Å²) in [4.78, 5) is 10.9. The molecular formula is C11H11F2NO. The lowest BCUT2D eigenvalue weighted by atomic mass is 9.94. The summed E-state index contributed by atoms with van der Waals surface area (Å²) in [6, 6.07) is 7.63. The van der Waals surface area contributed by atoms with Gasteiger partial charge in [0, 0.05) is 18.5 Å². The summed E-state index contributed by atoms with van der Waals surface area (Å²) < 4.78 is 27.7. The van der Waals surface area contributed by atoms with Gasteiger partial charge in [-0.15, -0.1) is 0 Å². The van der Waals surface area contributed by atoms with E-state index in [0.29, 0.717) is 0 Å². The van der Waals surface area contributed by atoms with E-state index in [1.165, 1.54) is 12.1 Å². The molecule has 1 aromatic carbocycles. The molecule has 1 heterocycles. The molecule has 1 fully saturated rings. The minimum absolute atomic E-state index is 0.0218. The minimum atomic E-state index is -2.93. The van der Waals surface area contributed by atoms with E-state index < -0.39 is 11.8 Å². The van der Waals surface area contributed by atoms with Crippen LogP contribution in [0.2, 0.25) is 0 Å². The minimum Gasteiger partial charge on any atom is -0.356 e. The zero-order chi connectivity index (χ0) is 10.9. The van der Waals surface area contributed by atoms with Crippen molar-refractivity contribution in [2.24, 2.45) is 5.92 Å². The van der Waals surface area contributed by atoms with Gasteiger partial charge in [0.25, 0.3) is 5.92 Å². The van der Waals surface area contributed by atoms with Gasteiger partial charge in [-0.1, -0.05) is 30.3 Å². The average molecular weight is 211 g/mol. The van der Waals surface area contributed by atoms with Crippen LogP contribution in [0.15, 0.2) is 30.3 Å². The number of carbonyl (C=O) groups is 1. The van der Waals surface area contributed by atoms with E-state index in [2.05, 4.69) is 5.32 Å². The van der Waals surface area contributed by atoms with Crippen LogP contribution < -0.4 is 5.32 Å². The van der Waals surface area contributed by atoms with Gasteiger partial charge >= 0.3 is 0 Å². The molecule has 0 saturated carbocycles. The lowest BCUT2D eigenvalue weighted by molar-refractivity contribution is -0.121. The molecule has 0 spiro atoms. The number of carbonyl (C=O) groups excluding carboxylic acids is 1.